The summed E-state index contributed by atoms with van der Waals surface area (Å²) >= 11 is 1.05. The predicted molar refractivity (Wildman–Crippen MR) is 128 cm³/mol. The molecule has 0 saturated carbocycles. The summed E-state index contributed by atoms with van der Waals surface area (Å²) in [6.45, 7) is 0. The van der Waals surface area contributed by atoms with Crippen LogP contribution in [0.3, 0.4) is 0 Å². The molecule has 0 aromatic heterocycles. The van der Waals surface area contributed by atoms with Crippen molar-refractivity contribution in [2.24, 2.45) is 9.98 Å². The van der Waals surface area contributed by atoms with Gasteiger partial charge in [0.15, 0.2) is 5.17 Å². The van der Waals surface area contributed by atoms with Gasteiger partial charge in [0, 0.05) is 18.1 Å². The molecule has 9 heteroatoms. The van der Waals surface area contributed by atoms with E-state index in [4.69, 9.17) is 4.99 Å². The SMILES string of the molecule is O=C(CSC1=Nc2ccccc2C2=N[C@H](Cc3ccccc3)C(=O)N12)Nc1ccc(F)cc1F. The maximum absolute atomic E-state index is 13.9. The molecule has 0 saturated heterocycles. The first-order chi connectivity index (χ1) is 16.5. The van der Waals surface area contributed by atoms with Crippen LogP contribution >= 0.6 is 11.8 Å². The van der Waals surface area contributed by atoms with Crippen LogP contribution in [0.4, 0.5) is 20.2 Å². The third kappa shape index (κ3) is 4.34. The Bertz CT molecular complexity index is 1340. The number of para-hydroxylation sites is 1. The Kier molecular flexibility index (Phi) is 5.93. The van der Waals surface area contributed by atoms with Crippen LogP contribution in [0, 0.1) is 11.6 Å². The highest BCUT2D eigenvalue weighted by Gasteiger charge is 2.41. The van der Waals surface area contributed by atoms with Crippen LogP contribution in [-0.2, 0) is 16.0 Å². The number of hydrogen-bond donors (Lipinski definition) is 1. The van der Waals surface area contributed by atoms with E-state index in [-0.39, 0.29) is 17.3 Å². The number of aliphatic imine (C=N–C) groups is 2. The quantitative estimate of drug-likeness (QED) is 0.588. The zero-order chi connectivity index (χ0) is 23.7. The number of fused-ring (bicyclic) bond motifs is 3. The van der Waals surface area contributed by atoms with E-state index in [2.05, 4.69) is 10.3 Å². The van der Waals surface area contributed by atoms with Crippen LogP contribution in [0.15, 0.2) is 82.8 Å². The third-order valence-corrected chi connectivity index (χ3v) is 6.30. The van der Waals surface area contributed by atoms with Gasteiger partial charge in [0.25, 0.3) is 5.91 Å². The molecule has 2 heterocycles. The molecule has 3 aromatic carbocycles. The van der Waals surface area contributed by atoms with Crippen LogP contribution < -0.4 is 5.32 Å². The van der Waals surface area contributed by atoms with Gasteiger partial charge in [0.1, 0.15) is 23.5 Å². The number of hydrogen-bond acceptors (Lipinski definition) is 5. The number of amidine groups is 2. The fraction of sp³-hybridized carbons (Fsp3) is 0.120. The second kappa shape index (κ2) is 9.18. The first-order valence-corrected chi connectivity index (χ1v) is 11.5. The maximum Gasteiger partial charge on any atom is 0.259 e. The highest BCUT2D eigenvalue weighted by molar-refractivity contribution is 8.14. The molecule has 1 atom stereocenters. The number of nitrogens with one attached hydrogen (secondary N) is 1. The molecule has 0 bridgehead atoms. The van der Waals surface area contributed by atoms with E-state index in [1.54, 1.807) is 0 Å². The lowest BCUT2D eigenvalue weighted by atomic mass is 10.1. The van der Waals surface area contributed by atoms with Gasteiger partial charge in [-0.3, -0.25) is 14.6 Å². The van der Waals surface area contributed by atoms with Crippen molar-refractivity contribution in [3.05, 3.63) is 95.6 Å². The Morgan fingerprint density at radius 1 is 1.03 bits per heavy atom. The zero-order valence-corrected chi connectivity index (χ0v) is 18.6. The molecule has 1 N–H and O–H groups in total. The number of anilines is 1. The van der Waals surface area contributed by atoms with Gasteiger partial charge in [-0.15, -0.1) is 0 Å². The Morgan fingerprint density at radius 3 is 2.59 bits per heavy atom. The van der Waals surface area contributed by atoms with Crippen LogP contribution in [0.5, 0.6) is 0 Å². The summed E-state index contributed by atoms with van der Waals surface area (Å²) in [6, 6.07) is 19.3. The maximum atomic E-state index is 13.9. The molecule has 170 valence electrons. The molecule has 0 unspecified atom stereocenters. The molecule has 0 radical (unpaired) electrons. The van der Waals surface area contributed by atoms with E-state index in [0.717, 1.165) is 35.0 Å². The lowest BCUT2D eigenvalue weighted by molar-refractivity contribution is -0.124. The summed E-state index contributed by atoms with van der Waals surface area (Å²) in [5.41, 5.74) is 2.27. The molecule has 0 aliphatic carbocycles. The average Bonchev–Trinajstić information content (AvgIpc) is 3.16. The molecule has 0 fully saturated rings. The lowest BCUT2D eigenvalue weighted by Gasteiger charge is -2.25. The summed E-state index contributed by atoms with van der Waals surface area (Å²) in [5.74, 6) is -1.95. The molecular formula is C25H18F2N4O2S. The summed E-state index contributed by atoms with van der Waals surface area (Å²) in [7, 11) is 0. The van der Waals surface area contributed by atoms with E-state index >= 15 is 0 Å². The highest BCUT2D eigenvalue weighted by atomic mass is 32.2. The molecule has 2 amide bonds. The smallest absolute Gasteiger partial charge is 0.259 e. The number of amides is 2. The van der Waals surface area contributed by atoms with Crippen molar-refractivity contribution in [3.63, 3.8) is 0 Å². The van der Waals surface area contributed by atoms with E-state index in [0.29, 0.717) is 29.2 Å². The Labute approximate surface area is 198 Å². The molecule has 3 aromatic rings. The largest absolute Gasteiger partial charge is 0.323 e. The van der Waals surface area contributed by atoms with Gasteiger partial charge >= 0.3 is 0 Å². The number of carbonyl (C=O) groups is 2. The lowest BCUT2D eigenvalue weighted by Crippen LogP contribution is -2.41. The number of benzene rings is 3. The van der Waals surface area contributed by atoms with Gasteiger partial charge in [-0.1, -0.05) is 54.2 Å². The topological polar surface area (TPSA) is 74.1 Å². The van der Waals surface area contributed by atoms with E-state index in [9.17, 15) is 18.4 Å². The van der Waals surface area contributed by atoms with Gasteiger partial charge in [0.2, 0.25) is 5.91 Å². The molecule has 5 rings (SSSR count). The van der Waals surface area contributed by atoms with Crippen LogP contribution in [0.1, 0.15) is 11.1 Å². The second-order valence-electron chi connectivity index (χ2n) is 7.70. The molecule has 6 nitrogen and oxygen atoms in total. The number of rotatable bonds is 5. The standard InChI is InChI=1S/C25H18F2N4O2S/c26-16-10-11-20(18(27)13-16)28-22(32)14-34-25-30-19-9-5-4-8-17(19)23-29-21(24(33)31(23)25)12-15-6-2-1-3-7-15/h1-11,13,21H,12,14H2,(H,28,32)/t21-/m1/s1. The van der Waals surface area contributed by atoms with Crippen molar-refractivity contribution < 1.29 is 18.4 Å². The Hall–Kier alpha value is -3.85. The minimum absolute atomic E-state index is 0.120. The van der Waals surface area contributed by atoms with Crippen molar-refractivity contribution in [1.29, 1.82) is 0 Å². The molecular weight excluding hydrogens is 458 g/mol. The van der Waals surface area contributed by atoms with E-state index in [1.165, 1.54) is 4.90 Å². The minimum Gasteiger partial charge on any atom is -0.323 e. The summed E-state index contributed by atoms with van der Waals surface area (Å²) in [5, 5.41) is 2.74. The second-order valence-corrected chi connectivity index (χ2v) is 8.65. The van der Waals surface area contributed by atoms with Gasteiger partial charge in [-0.05, 0) is 29.8 Å². The van der Waals surface area contributed by atoms with Crippen molar-refractivity contribution in [2.45, 2.75) is 12.5 Å². The van der Waals surface area contributed by atoms with Gasteiger partial charge in [-0.2, -0.15) is 0 Å². The van der Waals surface area contributed by atoms with Crippen LogP contribution in [0.25, 0.3) is 0 Å². The van der Waals surface area contributed by atoms with Gasteiger partial charge in [-0.25, -0.2) is 18.7 Å². The number of thioether (sulfide) groups is 1. The third-order valence-electron chi connectivity index (χ3n) is 5.36. The highest BCUT2D eigenvalue weighted by Crippen LogP contribution is 2.34. The summed E-state index contributed by atoms with van der Waals surface area (Å²) in [6.07, 6.45) is 0.449. The Morgan fingerprint density at radius 2 is 1.79 bits per heavy atom. The molecule has 34 heavy (non-hydrogen) atoms. The minimum atomic E-state index is -0.866. The fourth-order valence-corrected chi connectivity index (χ4v) is 4.58. The number of nitrogens with zero attached hydrogens (tertiary/aromatic N) is 3. The summed E-state index contributed by atoms with van der Waals surface area (Å²) < 4.78 is 27.0. The molecule has 0 spiro atoms. The van der Waals surface area contributed by atoms with Crippen molar-refractivity contribution in [2.75, 3.05) is 11.1 Å². The normalized spacial score (nSPS) is 16.5. The summed E-state index contributed by atoms with van der Waals surface area (Å²) in [4.78, 5) is 36.5. The molecule has 2 aliphatic heterocycles. The number of halogens is 2. The van der Waals surface area contributed by atoms with Crippen molar-refractivity contribution >= 4 is 46.0 Å². The molecule has 2 aliphatic rings. The first-order valence-electron chi connectivity index (χ1n) is 10.5. The first kappa shape index (κ1) is 22.0. The predicted octanol–water partition coefficient (Wildman–Crippen LogP) is 4.54. The van der Waals surface area contributed by atoms with Gasteiger partial charge < -0.3 is 5.32 Å². The van der Waals surface area contributed by atoms with Crippen LogP contribution in [0.2, 0.25) is 0 Å². The average molecular weight is 477 g/mol. The van der Waals surface area contributed by atoms with Crippen molar-refractivity contribution in [3.8, 4) is 0 Å². The fourth-order valence-electron chi connectivity index (χ4n) is 3.78. The van der Waals surface area contributed by atoms with E-state index in [1.807, 2.05) is 54.6 Å². The monoisotopic (exact) mass is 476 g/mol. The number of carbonyl (C=O) groups excluding carboxylic acids is 2. The van der Waals surface area contributed by atoms with E-state index < -0.39 is 23.6 Å². The van der Waals surface area contributed by atoms with Crippen LogP contribution in [-0.4, -0.2) is 39.5 Å². The van der Waals surface area contributed by atoms with Crippen molar-refractivity contribution in [1.82, 2.24) is 4.90 Å². The Balaban J connectivity index is 1.36. The zero-order valence-electron chi connectivity index (χ0n) is 17.7. The van der Waals surface area contributed by atoms with Gasteiger partial charge in [0.05, 0.1) is 17.1 Å².